The van der Waals surface area contributed by atoms with Crippen LogP contribution in [0.5, 0.6) is 23.0 Å². The van der Waals surface area contributed by atoms with Gasteiger partial charge in [0, 0.05) is 93.0 Å². The maximum absolute atomic E-state index is 15.0. The van der Waals surface area contributed by atoms with Gasteiger partial charge in [0.25, 0.3) is 0 Å². The predicted octanol–water partition coefficient (Wildman–Crippen LogP) is 37.2. The summed E-state index contributed by atoms with van der Waals surface area (Å²) < 4.78 is 421. The molecule has 16 aromatic rings. The molecule has 16 rings (SSSR count). The summed E-state index contributed by atoms with van der Waals surface area (Å²) in [5, 5.41) is 0. The summed E-state index contributed by atoms with van der Waals surface area (Å²) >= 11 is 0. The third kappa shape index (κ3) is 26.5. The highest BCUT2D eigenvalue weighted by Gasteiger charge is 2.46. The van der Waals surface area contributed by atoms with Crippen LogP contribution in [-0.2, 0) is 50.1 Å². The van der Waals surface area contributed by atoms with Gasteiger partial charge in [0.05, 0.1) is 0 Å². The van der Waals surface area contributed by atoms with E-state index in [1.165, 1.54) is 48.5 Å². The minimum absolute atomic E-state index is 0.203. The Hall–Kier alpha value is -15.2. The lowest BCUT2D eigenvalue weighted by molar-refractivity contribution is -0.190. The molecule has 0 heterocycles. The lowest BCUT2D eigenvalue weighted by atomic mass is 9.97. The van der Waals surface area contributed by atoms with Gasteiger partial charge in [-0.3, -0.25) is 0 Å². The average molecular weight is 2100 g/mol. The first-order chi connectivity index (χ1) is 71.0. The summed E-state index contributed by atoms with van der Waals surface area (Å²) in [6.45, 7) is 12.6. The standard InChI is InChI=1S/C31H25F7O.C30H23F7O.C29H21F7O.C28H19F7O/c1-3-4-5-6-19-7-9-20(10-8-19)21-11-12-24(27(34)13-21)22-14-28(35)30(29(36)15-22)31(37,38)39-23-16-25(32)18(2)26(33)17-23;1-3-4-5-18-6-8-19(9-7-18)20-10-11-23(26(33)12-20)21-13-27(34)29(28(35)14-21)30(36,37)38-22-15-24(31)17(2)25(32)16-22;1-3-4-17-5-7-18(8-6-17)19-9-10-22(25(32)11-19)20-12-26(33)28(27(34)13-20)29(35,36)37-21-14-23(30)16(2)24(31)15-21;1-3-16-4-6-17(7-5-16)18-8-9-21(24(31)10-18)19-11-25(32)27(26(33)12-19)28(34,35)36-20-13-22(29)15(2)23(30)14-20/h7-17H,3-6H2,1-2H3;6-16H,3-5H2,1-2H3;5-15H,3-4H2,1-2H3;4-14H,3H2,1-2H3. The van der Waals surface area contributed by atoms with Crippen molar-refractivity contribution in [1.82, 2.24) is 0 Å². The van der Waals surface area contributed by atoms with Crippen LogP contribution in [-0.4, -0.2) is 0 Å². The lowest BCUT2D eigenvalue weighted by Crippen LogP contribution is -2.25. The molecule has 0 aromatic heterocycles. The molecule has 780 valence electrons. The van der Waals surface area contributed by atoms with Gasteiger partial charge >= 0.3 is 24.4 Å². The van der Waals surface area contributed by atoms with Gasteiger partial charge in [-0.2, -0.15) is 35.1 Å². The molecular formula is C118H88F28O4. The van der Waals surface area contributed by atoms with Crippen molar-refractivity contribution in [1.29, 1.82) is 0 Å². The number of rotatable bonds is 30. The van der Waals surface area contributed by atoms with Crippen molar-refractivity contribution in [2.75, 3.05) is 0 Å². The van der Waals surface area contributed by atoms with Gasteiger partial charge < -0.3 is 18.9 Å². The largest absolute Gasteiger partial charge is 0.432 e. The van der Waals surface area contributed by atoms with E-state index in [1.54, 1.807) is 24.3 Å². The van der Waals surface area contributed by atoms with E-state index < -0.39 is 208 Å². The van der Waals surface area contributed by atoms with E-state index in [2.05, 4.69) is 39.7 Å². The van der Waals surface area contributed by atoms with E-state index in [1.807, 2.05) is 104 Å². The molecule has 0 aliphatic rings. The first kappa shape index (κ1) is 112. The Labute approximate surface area is 843 Å². The Morgan fingerprint density at radius 1 is 0.173 bits per heavy atom. The molecule has 0 aliphatic heterocycles. The number of benzene rings is 16. The zero-order valence-electron chi connectivity index (χ0n) is 80.7. The average Bonchev–Trinajstić information content (AvgIpc) is 0.779. The Morgan fingerprint density at radius 2 is 0.353 bits per heavy atom. The number of halogens is 28. The quantitative estimate of drug-likeness (QED) is 0.0332. The summed E-state index contributed by atoms with van der Waals surface area (Å²) in [6, 6.07) is 54.5. The summed E-state index contributed by atoms with van der Waals surface area (Å²) in [6.07, 6.45) is -8.43. The van der Waals surface area contributed by atoms with E-state index in [-0.39, 0.29) is 44.5 Å². The van der Waals surface area contributed by atoms with E-state index in [9.17, 15) is 119 Å². The zero-order chi connectivity index (χ0) is 109. The summed E-state index contributed by atoms with van der Waals surface area (Å²) in [4.78, 5) is 0. The Balaban J connectivity index is 0.000000167. The maximum Gasteiger partial charge on any atom is 0.432 e. The molecule has 4 nitrogen and oxygen atoms in total. The zero-order valence-corrected chi connectivity index (χ0v) is 80.7. The van der Waals surface area contributed by atoms with Crippen LogP contribution < -0.4 is 18.9 Å². The van der Waals surface area contributed by atoms with Crippen LogP contribution in [0.25, 0.3) is 89.0 Å². The molecular weight excluding hydrogens is 2010 g/mol. The molecule has 150 heavy (non-hydrogen) atoms. The van der Waals surface area contributed by atoms with Crippen molar-refractivity contribution in [3.63, 3.8) is 0 Å². The van der Waals surface area contributed by atoms with Gasteiger partial charge in [-0.25, -0.2) is 87.8 Å². The third-order valence-corrected chi connectivity index (χ3v) is 24.4. The van der Waals surface area contributed by atoms with Crippen molar-refractivity contribution in [3.05, 3.63) is 450 Å². The first-order valence-corrected chi connectivity index (χ1v) is 46.6. The minimum Gasteiger partial charge on any atom is -0.429 e. The number of ether oxygens (including phenoxy) is 4. The van der Waals surface area contributed by atoms with Crippen LogP contribution in [0.3, 0.4) is 0 Å². The second kappa shape index (κ2) is 47.5. The monoisotopic (exact) mass is 2100 g/mol. The Bertz CT molecular complexity index is 7420. The molecule has 0 N–H and O–H groups in total. The third-order valence-electron chi connectivity index (χ3n) is 24.4. The van der Waals surface area contributed by atoms with Gasteiger partial charge in [0.1, 0.15) is 162 Å². The van der Waals surface area contributed by atoms with Crippen molar-refractivity contribution in [2.24, 2.45) is 0 Å². The predicted molar refractivity (Wildman–Crippen MR) is 516 cm³/mol. The molecule has 0 fully saturated rings. The molecule has 0 unspecified atom stereocenters. The highest BCUT2D eigenvalue weighted by molar-refractivity contribution is 5.76. The Kier molecular flexibility index (Phi) is 35.5. The number of hydrogen-bond acceptors (Lipinski definition) is 4. The van der Waals surface area contributed by atoms with E-state index in [0.717, 1.165) is 136 Å². The smallest absolute Gasteiger partial charge is 0.429 e. The second-order valence-electron chi connectivity index (χ2n) is 35.0. The molecule has 32 heteroatoms. The van der Waals surface area contributed by atoms with Crippen molar-refractivity contribution < 1.29 is 142 Å². The highest BCUT2D eigenvalue weighted by Crippen LogP contribution is 2.46. The SMILES string of the molecule is CCCCCc1ccc(-c2ccc(-c3cc(F)c(C(F)(F)Oc4cc(F)c(C)c(F)c4)c(F)c3)c(F)c2)cc1.CCCCc1ccc(-c2ccc(-c3cc(F)c(C(F)(F)Oc4cc(F)c(C)c(F)c4)c(F)c3)c(F)c2)cc1.CCCc1ccc(-c2ccc(-c3cc(F)c(C(F)(F)Oc4cc(F)c(C)c(F)c4)c(F)c3)c(F)c2)cc1.CCc1ccc(-c2ccc(-c3cc(F)c(C(F)(F)Oc4cc(F)c(C)c(F)c4)c(F)c3)c(F)c2)cc1. The van der Waals surface area contributed by atoms with Crippen molar-refractivity contribution in [3.8, 4) is 112 Å². The second-order valence-corrected chi connectivity index (χ2v) is 35.0. The minimum atomic E-state index is -4.62. The van der Waals surface area contributed by atoms with Gasteiger partial charge in [-0.05, 0) is 228 Å². The molecule has 0 spiro atoms. The molecule has 16 aromatic carbocycles. The normalized spacial score (nSPS) is 11.6. The van der Waals surface area contributed by atoms with Gasteiger partial charge in [-0.1, -0.05) is 199 Å². The Morgan fingerprint density at radius 3 is 0.540 bits per heavy atom. The number of aryl methyl sites for hydroxylation is 4. The van der Waals surface area contributed by atoms with E-state index in [4.69, 9.17) is 0 Å². The van der Waals surface area contributed by atoms with Crippen LogP contribution in [0.4, 0.5) is 123 Å². The van der Waals surface area contributed by atoms with Gasteiger partial charge in [-0.15, -0.1) is 0 Å². The van der Waals surface area contributed by atoms with Crippen LogP contribution >= 0.6 is 0 Å². The molecule has 0 saturated carbocycles. The summed E-state index contributed by atoms with van der Waals surface area (Å²) in [5.41, 5.74) is -1.31. The lowest BCUT2D eigenvalue weighted by Gasteiger charge is -2.20. The highest BCUT2D eigenvalue weighted by atomic mass is 19.3. The van der Waals surface area contributed by atoms with Crippen LogP contribution in [0.1, 0.15) is 133 Å². The fourth-order valence-corrected chi connectivity index (χ4v) is 16.0. The molecule has 0 amide bonds. The van der Waals surface area contributed by atoms with Gasteiger partial charge in [0.2, 0.25) is 0 Å². The van der Waals surface area contributed by atoms with Crippen molar-refractivity contribution in [2.45, 2.75) is 144 Å². The van der Waals surface area contributed by atoms with Crippen molar-refractivity contribution >= 4 is 0 Å². The van der Waals surface area contributed by atoms with E-state index >= 15 is 4.39 Å². The molecule has 0 atom stereocenters. The fourth-order valence-electron chi connectivity index (χ4n) is 16.0. The fraction of sp³-hybridized carbons (Fsp3) is 0.186. The van der Waals surface area contributed by atoms with Crippen LogP contribution in [0.2, 0.25) is 0 Å². The number of alkyl halides is 8. The molecule has 0 bridgehead atoms. The topological polar surface area (TPSA) is 36.9 Å². The number of hydrogen-bond donors (Lipinski definition) is 0. The van der Waals surface area contributed by atoms with Gasteiger partial charge in [0.15, 0.2) is 0 Å². The number of unbranched alkanes of at least 4 members (excludes halogenated alkanes) is 3. The molecule has 0 saturated heterocycles. The van der Waals surface area contributed by atoms with Crippen LogP contribution in [0.15, 0.2) is 267 Å². The maximum atomic E-state index is 15.0. The first-order valence-electron chi connectivity index (χ1n) is 46.6. The van der Waals surface area contributed by atoms with E-state index in [0.29, 0.717) is 119 Å². The van der Waals surface area contributed by atoms with Crippen LogP contribution in [0, 0.1) is 144 Å². The summed E-state index contributed by atoms with van der Waals surface area (Å²) in [5.74, 6) is -30.2. The molecule has 0 radical (unpaired) electrons. The summed E-state index contributed by atoms with van der Waals surface area (Å²) in [7, 11) is 0. The molecule has 0 aliphatic carbocycles.